The third kappa shape index (κ3) is 3.15. The van der Waals surface area contributed by atoms with Crippen LogP contribution in [0.2, 0.25) is 0 Å². The van der Waals surface area contributed by atoms with Crippen LogP contribution >= 0.6 is 0 Å². The second kappa shape index (κ2) is 6.59. The maximum Gasteiger partial charge on any atom is 0.260 e. The van der Waals surface area contributed by atoms with Crippen LogP contribution in [0.25, 0.3) is 10.9 Å². The van der Waals surface area contributed by atoms with Crippen molar-refractivity contribution in [3.63, 3.8) is 0 Å². The number of para-hydroxylation sites is 1. The quantitative estimate of drug-likeness (QED) is 0.755. The molecule has 2 heterocycles. The SMILES string of the molecule is O=C1C(Nc2nc3ccccc3c(=O)[nH]2)CCN1Cc1ccc(F)cc1. The number of hydrogen-bond donors (Lipinski definition) is 2. The normalized spacial score (nSPS) is 17.0. The summed E-state index contributed by atoms with van der Waals surface area (Å²) < 4.78 is 13.0. The highest BCUT2D eigenvalue weighted by Crippen LogP contribution is 2.18. The fraction of sp³-hybridized carbons (Fsp3) is 0.211. The first-order valence-corrected chi connectivity index (χ1v) is 8.39. The molecule has 0 spiro atoms. The third-order valence-corrected chi connectivity index (χ3v) is 4.51. The lowest BCUT2D eigenvalue weighted by Crippen LogP contribution is -2.34. The van der Waals surface area contributed by atoms with E-state index in [1.54, 1.807) is 35.2 Å². The molecule has 0 aliphatic carbocycles. The maximum atomic E-state index is 13.0. The summed E-state index contributed by atoms with van der Waals surface area (Å²) in [6, 6.07) is 12.7. The molecular weight excluding hydrogens is 335 g/mol. The van der Waals surface area contributed by atoms with Gasteiger partial charge in [-0.2, -0.15) is 0 Å². The molecule has 0 radical (unpaired) electrons. The molecular formula is C19H17FN4O2. The summed E-state index contributed by atoms with van der Waals surface area (Å²) in [4.78, 5) is 33.5. The van der Waals surface area contributed by atoms with Crippen molar-refractivity contribution in [2.45, 2.75) is 19.0 Å². The monoisotopic (exact) mass is 352 g/mol. The van der Waals surface area contributed by atoms with E-state index in [-0.39, 0.29) is 23.2 Å². The first kappa shape index (κ1) is 16.3. The van der Waals surface area contributed by atoms with Crippen molar-refractivity contribution >= 4 is 22.8 Å². The Morgan fingerprint density at radius 3 is 2.73 bits per heavy atom. The molecule has 2 N–H and O–H groups in total. The number of fused-ring (bicyclic) bond motifs is 1. The van der Waals surface area contributed by atoms with Gasteiger partial charge in [-0.25, -0.2) is 9.37 Å². The Morgan fingerprint density at radius 1 is 1.15 bits per heavy atom. The highest BCUT2D eigenvalue weighted by Gasteiger charge is 2.32. The van der Waals surface area contributed by atoms with Crippen molar-refractivity contribution in [3.05, 3.63) is 70.3 Å². The molecule has 0 saturated carbocycles. The number of benzene rings is 2. The zero-order chi connectivity index (χ0) is 18.1. The average molecular weight is 352 g/mol. The smallest absolute Gasteiger partial charge is 0.260 e. The van der Waals surface area contributed by atoms with E-state index in [1.165, 1.54) is 12.1 Å². The molecule has 6 nitrogen and oxygen atoms in total. The van der Waals surface area contributed by atoms with Gasteiger partial charge in [0.25, 0.3) is 5.56 Å². The van der Waals surface area contributed by atoms with Gasteiger partial charge in [0, 0.05) is 13.1 Å². The lowest BCUT2D eigenvalue weighted by molar-refractivity contribution is -0.128. The van der Waals surface area contributed by atoms with E-state index in [0.29, 0.717) is 30.4 Å². The highest BCUT2D eigenvalue weighted by atomic mass is 19.1. The number of aromatic nitrogens is 2. The van der Waals surface area contributed by atoms with Gasteiger partial charge in [-0.15, -0.1) is 0 Å². The topological polar surface area (TPSA) is 78.1 Å². The Morgan fingerprint density at radius 2 is 1.92 bits per heavy atom. The van der Waals surface area contributed by atoms with Gasteiger partial charge < -0.3 is 10.2 Å². The molecule has 0 bridgehead atoms. The van der Waals surface area contributed by atoms with E-state index in [1.807, 2.05) is 6.07 Å². The molecule has 1 unspecified atom stereocenters. The summed E-state index contributed by atoms with van der Waals surface area (Å²) >= 11 is 0. The summed E-state index contributed by atoms with van der Waals surface area (Å²) in [5.41, 5.74) is 1.21. The number of amides is 1. The Balaban J connectivity index is 1.48. The van der Waals surface area contributed by atoms with Gasteiger partial charge in [0.05, 0.1) is 10.9 Å². The summed E-state index contributed by atoms with van der Waals surface area (Å²) in [5, 5.41) is 3.54. The van der Waals surface area contributed by atoms with Crippen molar-refractivity contribution in [1.82, 2.24) is 14.9 Å². The number of halogens is 1. The zero-order valence-corrected chi connectivity index (χ0v) is 13.9. The van der Waals surface area contributed by atoms with E-state index >= 15 is 0 Å². The average Bonchev–Trinajstić information content (AvgIpc) is 2.97. The number of rotatable bonds is 4. The lowest BCUT2D eigenvalue weighted by atomic mass is 10.2. The van der Waals surface area contributed by atoms with Gasteiger partial charge in [-0.3, -0.25) is 14.6 Å². The van der Waals surface area contributed by atoms with Crippen molar-refractivity contribution in [1.29, 1.82) is 0 Å². The second-order valence-corrected chi connectivity index (χ2v) is 6.30. The number of likely N-dealkylation sites (tertiary alicyclic amines) is 1. The van der Waals surface area contributed by atoms with Crippen LogP contribution in [0.4, 0.5) is 10.3 Å². The van der Waals surface area contributed by atoms with Crippen molar-refractivity contribution in [2.24, 2.45) is 0 Å². The van der Waals surface area contributed by atoms with E-state index in [4.69, 9.17) is 0 Å². The molecule has 4 rings (SSSR count). The number of nitrogens with one attached hydrogen (secondary N) is 2. The molecule has 1 aliphatic rings. The van der Waals surface area contributed by atoms with E-state index in [9.17, 15) is 14.0 Å². The largest absolute Gasteiger partial charge is 0.344 e. The molecule has 1 atom stereocenters. The van der Waals surface area contributed by atoms with Crippen LogP contribution < -0.4 is 10.9 Å². The summed E-state index contributed by atoms with van der Waals surface area (Å²) in [6.45, 7) is 1.02. The minimum Gasteiger partial charge on any atom is -0.344 e. The highest BCUT2D eigenvalue weighted by molar-refractivity contribution is 5.86. The molecule has 1 saturated heterocycles. The second-order valence-electron chi connectivity index (χ2n) is 6.30. The van der Waals surface area contributed by atoms with E-state index < -0.39 is 6.04 Å². The number of anilines is 1. The van der Waals surface area contributed by atoms with Crippen LogP contribution in [0.1, 0.15) is 12.0 Å². The van der Waals surface area contributed by atoms with Crippen LogP contribution in [0.3, 0.4) is 0 Å². The van der Waals surface area contributed by atoms with Gasteiger partial charge >= 0.3 is 0 Å². The molecule has 2 aromatic carbocycles. The minimum absolute atomic E-state index is 0.0647. The van der Waals surface area contributed by atoms with E-state index in [0.717, 1.165) is 5.56 Å². The van der Waals surface area contributed by atoms with Crippen molar-refractivity contribution < 1.29 is 9.18 Å². The predicted molar refractivity (Wildman–Crippen MR) is 96.2 cm³/mol. The summed E-state index contributed by atoms with van der Waals surface area (Å²) in [5.74, 6) is -0.0758. The predicted octanol–water partition coefficient (Wildman–Crippen LogP) is 2.28. The number of aromatic amines is 1. The Hall–Kier alpha value is -3.22. The number of hydrogen-bond acceptors (Lipinski definition) is 4. The van der Waals surface area contributed by atoms with Gasteiger partial charge in [-0.1, -0.05) is 24.3 Å². The van der Waals surface area contributed by atoms with Gasteiger partial charge in [-0.05, 0) is 36.2 Å². The van der Waals surface area contributed by atoms with Crippen molar-refractivity contribution in [3.8, 4) is 0 Å². The fourth-order valence-electron chi connectivity index (χ4n) is 3.16. The maximum absolute atomic E-state index is 13.0. The minimum atomic E-state index is -0.445. The number of carbonyl (C=O) groups excluding carboxylic acids is 1. The van der Waals surface area contributed by atoms with Gasteiger partial charge in [0.15, 0.2) is 0 Å². The number of H-pyrrole nitrogens is 1. The molecule has 7 heteroatoms. The van der Waals surface area contributed by atoms with Crippen LogP contribution in [-0.4, -0.2) is 33.4 Å². The van der Waals surface area contributed by atoms with Gasteiger partial charge in [0.2, 0.25) is 11.9 Å². The van der Waals surface area contributed by atoms with Crippen molar-refractivity contribution in [2.75, 3.05) is 11.9 Å². The number of carbonyl (C=O) groups is 1. The number of nitrogens with zero attached hydrogens (tertiary/aromatic N) is 2. The molecule has 1 aromatic heterocycles. The Labute approximate surface area is 148 Å². The molecule has 1 amide bonds. The lowest BCUT2D eigenvalue weighted by Gasteiger charge is -2.17. The Kier molecular flexibility index (Phi) is 4.12. The third-order valence-electron chi connectivity index (χ3n) is 4.51. The molecule has 1 aliphatic heterocycles. The first-order valence-electron chi connectivity index (χ1n) is 8.39. The standard InChI is InChI=1S/C19H17FN4O2/c20-13-7-5-12(6-8-13)11-24-10-9-16(18(24)26)22-19-21-15-4-2-1-3-14(15)17(25)23-19/h1-8,16H,9-11H2,(H2,21,22,23,25). The van der Waals surface area contributed by atoms with Crippen LogP contribution in [0, 0.1) is 5.82 Å². The van der Waals surface area contributed by atoms with Crippen LogP contribution in [0.5, 0.6) is 0 Å². The summed E-state index contributed by atoms with van der Waals surface area (Å²) in [6.07, 6.45) is 0.608. The first-order chi connectivity index (χ1) is 12.6. The van der Waals surface area contributed by atoms with Crippen LogP contribution in [0.15, 0.2) is 53.3 Å². The zero-order valence-electron chi connectivity index (χ0n) is 13.9. The Bertz CT molecular complexity index is 1020. The molecule has 3 aromatic rings. The van der Waals surface area contributed by atoms with E-state index in [2.05, 4.69) is 15.3 Å². The fourth-order valence-corrected chi connectivity index (χ4v) is 3.16. The molecule has 132 valence electrons. The van der Waals surface area contributed by atoms with Gasteiger partial charge in [0.1, 0.15) is 11.9 Å². The molecule has 1 fully saturated rings. The van der Waals surface area contributed by atoms with Crippen LogP contribution in [-0.2, 0) is 11.3 Å². The summed E-state index contributed by atoms with van der Waals surface area (Å²) in [7, 11) is 0. The molecule has 26 heavy (non-hydrogen) atoms.